The van der Waals surface area contributed by atoms with Crippen LogP contribution in [0.15, 0.2) is 47.4 Å². The third-order valence-corrected chi connectivity index (χ3v) is 6.98. The number of aryl methyl sites for hydroxylation is 1. The Morgan fingerprint density at radius 3 is 2.38 bits per heavy atom. The van der Waals surface area contributed by atoms with Gasteiger partial charge in [-0.15, -0.1) is 0 Å². The lowest BCUT2D eigenvalue weighted by atomic mass is 10.2. The van der Waals surface area contributed by atoms with Gasteiger partial charge in [-0.2, -0.15) is 4.31 Å². The molecule has 2 aromatic carbocycles. The minimum absolute atomic E-state index is 0.0923. The SMILES string of the molecule is Cc1ccc(NC(=O)COC(=O)c2ccc(S(=O)(=O)N3CCCCC3)cc2)cc1[N+](=O)[O-]. The van der Waals surface area contributed by atoms with Gasteiger partial charge in [0.15, 0.2) is 6.61 Å². The number of nitro benzene ring substituents is 1. The monoisotopic (exact) mass is 461 g/mol. The molecule has 0 saturated carbocycles. The summed E-state index contributed by atoms with van der Waals surface area (Å²) >= 11 is 0. The molecule has 3 rings (SSSR count). The fraction of sp³-hybridized carbons (Fsp3) is 0.333. The van der Waals surface area contributed by atoms with Gasteiger partial charge < -0.3 is 10.1 Å². The molecule has 0 radical (unpaired) electrons. The van der Waals surface area contributed by atoms with Gasteiger partial charge in [0.05, 0.1) is 15.4 Å². The van der Waals surface area contributed by atoms with E-state index in [0.29, 0.717) is 18.7 Å². The van der Waals surface area contributed by atoms with Gasteiger partial charge in [-0.3, -0.25) is 14.9 Å². The summed E-state index contributed by atoms with van der Waals surface area (Å²) in [6.07, 6.45) is 2.65. The summed E-state index contributed by atoms with van der Waals surface area (Å²) in [7, 11) is -3.61. The summed E-state index contributed by atoms with van der Waals surface area (Å²) in [5.74, 6) is -1.46. The predicted octanol–water partition coefficient (Wildman–Crippen LogP) is 2.87. The van der Waals surface area contributed by atoms with Crippen molar-refractivity contribution in [3.05, 3.63) is 63.7 Å². The number of rotatable bonds is 7. The van der Waals surface area contributed by atoms with E-state index in [1.54, 1.807) is 6.92 Å². The predicted molar refractivity (Wildman–Crippen MR) is 116 cm³/mol. The molecule has 1 aliphatic heterocycles. The fourth-order valence-electron chi connectivity index (χ4n) is 3.31. The summed E-state index contributed by atoms with van der Waals surface area (Å²) in [5, 5.41) is 13.4. The van der Waals surface area contributed by atoms with E-state index in [-0.39, 0.29) is 21.8 Å². The van der Waals surface area contributed by atoms with Crippen molar-refractivity contribution in [2.75, 3.05) is 25.0 Å². The Labute approximate surface area is 185 Å². The van der Waals surface area contributed by atoms with Crippen molar-refractivity contribution in [2.45, 2.75) is 31.1 Å². The lowest BCUT2D eigenvalue weighted by Gasteiger charge is -2.25. The maximum atomic E-state index is 12.7. The number of piperidine rings is 1. The van der Waals surface area contributed by atoms with Crippen molar-refractivity contribution in [3.8, 4) is 0 Å². The van der Waals surface area contributed by atoms with Crippen LogP contribution < -0.4 is 5.32 Å². The standard InChI is InChI=1S/C21H23N3O7S/c1-15-5-8-17(13-19(15)24(27)28)22-20(25)14-31-21(26)16-6-9-18(10-7-16)32(29,30)23-11-3-2-4-12-23/h5-10,13H,2-4,11-12,14H2,1H3,(H,22,25). The van der Waals surface area contributed by atoms with E-state index in [0.717, 1.165) is 19.3 Å². The Balaban J connectivity index is 1.57. The number of nitro groups is 1. The molecule has 32 heavy (non-hydrogen) atoms. The third kappa shape index (κ3) is 5.48. The van der Waals surface area contributed by atoms with Crippen molar-refractivity contribution in [3.63, 3.8) is 0 Å². The van der Waals surface area contributed by atoms with Crippen molar-refractivity contribution >= 4 is 33.3 Å². The number of carbonyl (C=O) groups is 2. The molecule has 170 valence electrons. The van der Waals surface area contributed by atoms with Crippen molar-refractivity contribution in [1.29, 1.82) is 0 Å². The molecule has 11 heteroatoms. The normalized spacial score (nSPS) is 14.5. The largest absolute Gasteiger partial charge is 0.452 e. The molecule has 1 fully saturated rings. The highest BCUT2D eigenvalue weighted by Gasteiger charge is 2.26. The van der Waals surface area contributed by atoms with E-state index in [2.05, 4.69) is 5.32 Å². The highest BCUT2D eigenvalue weighted by Crippen LogP contribution is 2.23. The number of sulfonamides is 1. The number of ether oxygens (including phenoxy) is 1. The highest BCUT2D eigenvalue weighted by molar-refractivity contribution is 7.89. The van der Waals surface area contributed by atoms with Gasteiger partial charge in [-0.05, 0) is 50.1 Å². The lowest BCUT2D eigenvalue weighted by molar-refractivity contribution is -0.385. The van der Waals surface area contributed by atoms with E-state index >= 15 is 0 Å². The van der Waals surface area contributed by atoms with Crippen LogP contribution in [0.4, 0.5) is 11.4 Å². The Hall–Kier alpha value is -3.31. The second-order valence-corrected chi connectivity index (χ2v) is 9.31. The number of anilines is 1. The van der Waals surface area contributed by atoms with Crippen LogP contribution in [-0.4, -0.2) is 49.2 Å². The van der Waals surface area contributed by atoms with Gasteiger partial charge in [-0.25, -0.2) is 13.2 Å². The van der Waals surface area contributed by atoms with Crippen molar-refractivity contribution in [2.24, 2.45) is 0 Å². The van der Waals surface area contributed by atoms with Crippen LogP contribution in [0.25, 0.3) is 0 Å². The van der Waals surface area contributed by atoms with Gasteiger partial charge in [-0.1, -0.05) is 12.5 Å². The Bertz CT molecular complexity index is 1120. The Morgan fingerprint density at radius 2 is 1.75 bits per heavy atom. The number of nitrogens with one attached hydrogen (secondary N) is 1. The molecule has 0 unspecified atom stereocenters. The first-order valence-electron chi connectivity index (χ1n) is 10.0. The van der Waals surface area contributed by atoms with Crippen LogP contribution in [0, 0.1) is 17.0 Å². The first-order chi connectivity index (χ1) is 15.2. The lowest BCUT2D eigenvalue weighted by Crippen LogP contribution is -2.35. The van der Waals surface area contributed by atoms with E-state index in [9.17, 15) is 28.1 Å². The van der Waals surface area contributed by atoms with Gasteiger partial charge in [0.2, 0.25) is 10.0 Å². The Kier molecular flexibility index (Phi) is 7.21. The zero-order chi connectivity index (χ0) is 23.3. The molecule has 1 heterocycles. The van der Waals surface area contributed by atoms with Gasteiger partial charge in [0.1, 0.15) is 0 Å². The number of benzene rings is 2. The van der Waals surface area contributed by atoms with Crippen LogP contribution in [0.3, 0.4) is 0 Å². The number of carbonyl (C=O) groups excluding carboxylic acids is 2. The van der Waals surface area contributed by atoms with Crippen molar-refractivity contribution in [1.82, 2.24) is 4.31 Å². The molecule has 0 aromatic heterocycles. The molecule has 10 nitrogen and oxygen atoms in total. The van der Waals surface area contributed by atoms with Gasteiger partial charge >= 0.3 is 5.97 Å². The molecule has 1 saturated heterocycles. The van der Waals surface area contributed by atoms with E-state index in [4.69, 9.17) is 4.74 Å². The molecule has 1 N–H and O–H groups in total. The molecule has 0 atom stereocenters. The average molecular weight is 461 g/mol. The average Bonchev–Trinajstić information content (AvgIpc) is 2.79. The minimum Gasteiger partial charge on any atom is -0.452 e. The minimum atomic E-state index is -3.61. The number of amides is 1. The Morgan fingerprint density at radius 1 is 1.09 bits per heavy atom. The maximum absolute atomic E-state index is 12.7. The molecule has 1 amide bonds. The summed E-state index contributed by atoms with van der Waals surface area (Å²) in [5.41, 5.74) is 0.613. The molecular formula is C21H23N3O7S. The zero-order valence-corrected chi connectivity index (χ0v) is 18.3. The second-order valence-electron chi connectivity index (χ2n) is 7.37. The molecule has 1 aliphatic rings. The summed E-state index contributed by atoms with van der Waals surface area (Å²) in [6.45, 7) is 1.93. The quantitative estimate of drug-likeness (QED) is 0.380. The van der Waals surface area contributed by atoms with Crippen molar-refractivity contribution < 1.29 is 27.7 Å². The van der Waals surface area contributed by atoms with E-state index < -0.39 is 33.4 Å². The highest BCUT2D eigenvalue weighted by atomic mass is 32.2. The summed E-state index contributed by atoms with van der Waals surface area (Å²) in [4.78, 5) is 34.8. The zero-order valence-electron chi connectivity index (χ0n) is 17.4. The van der Waals surface area contributed by atoms with Crippen LogP contribution in [0.2, 0.25) is 0 Å². The van der Waals surface area contributed by atoms with Gasteiger partial charge in [0, 0.05) is 30.4 Å². The first kappa shape index (κ1) is 23.4. The van der Waals surface area contributed by atoms with Gasteiger partial charge in [0.25, 0.3) is 11.6 Å². The molecule has 2 aromatic rings. The van der Waals surface area contributed by atoms with Crippen LogP contribution in [0.1, 0.15) is 35.2 Å². The molecule has 0 bridgehead atoms. The smallest absolute Gasteiger partial charge is 0.338 e. The second kappa shape index (κ2) is 9.88. The number of nitrogens with zero attached hydrogens (tertiary/aromatic N) is 2. The van der Waals surface area contributed by atoms with Crippen LogP contribution in [0.5, 0.6) is 0 Å². The third-order valence-electron chi connectivity index (χ3n) is 5.07. The molecule has 0 aliphatic carbocycles. The van der Waals surface area contributed by atoms with E-state index in [1.807, 2.05) is 0 Å². The van der Waals surface area contributed by atoms with Crippen LogP contribution >= 0.6 is 0 Å². The molecule has 0 spiro atoms. The van der Waals surface area contributed by atoms with Crippen LogP contribution in [-0.2, 0) is 19.6 Å². The summed E-state index contributed by atoms with van der Waals surface area (Å²) in [6, 6.07) is 9.57. The number of esters is 1. The number of hydrogen-bond acceptors (Lipinski definition) is 7. The topological polar surface area (TPSA) is 136 Å². The fourth-order valence-corrected chi connectivity index (χ4v) is 4.83. The number of hydrogen-bond donors (Lipinski definition) is 1. The first-order valence-corrected chi connectivity index (χ1v) is 11.4. The summed E-state index contributed by atoms with van der Waals surface area (Å²) < 4.78 is 31.7. The molecular weight excluding hydrogens is 438 g/mol. The van der Waals surface area contributed by atoms with E-state index in [1.165, 1.54) is 46.8 Å². The maximum Gasteiger partial charge on any atom is 0.338 e.